The molecule has 1 aliphatic heterocycles. The van der Waals surface area contributed by atoms with E-state index in [9.17, 15) is 9.59 Å². The number of aryl methyl sites for hydroxylation is 1. The van der Waals surface area contributed by atoms with E-state index in [1.54, 1.807) is 23.6 Å². The third kappa shape index (κ3) is 2.56. The summed E-state index contributed by atoms with van der Waals surface area (Å²) in [6.07, 6.45) is 0. The highest BCUT2D eigenvalue weighted by molar-refractivity contribution is 7.17. The van der Waals surface area contributed by atoms with E-state index in [1.807, 2.05) is 6.92 Å². The lowest BCUT2D eigenvalue weighted by Gasteiger charge is -2.14. The van der Waals surface area contributed by atoms with E-state index < -0.39 is 0 Å². The van der Waals surface area contributed by atoms with Crippen molar-refractivity contribution < 1.29 is 14.3 Å². The molecule has 1 fully saturated rings. The Morgan fingerprint density at radius 3 is 2.74 bits per heavy atom. The van der Waals surface area contributed by atoms with E-state index in [-0.39, 0.29) is 12.0 Å². The Labute approximate surface area is 116 Å². The summed E-state index contributed by atoms with van der Waals surface area (Å²) in [7, 11) is 0. The van der Waals surface area contributed by atoms with Crippen LogP contribution in [0.15, 0.2) is 0 Å². The van der Waals surface area contributed by atoms with Gasteiger partial charge in [0.2, 0.25) is 0 Å². The van der Waals surface area contributed by atoms with Gasteiger partial charge in [0.1, 0.15) is 4.88 Å². The molecule has 0 bridgehead atoms. The number of rotatable bonds is 4. The molecule has 1 aromatic heterocycles. The summed E-state index contributed by atoms with van der Waals surface area (Å²) in [5.41, 5.74) is 0.612. The van der Waals surface area contributed by atoms with Crippen LogP contribution in [0, 0.1) is 6.92 Å². The van der Waals surface area contributed by atoms with Crippen molar-refractivity contribution in [1.29, 1.82) is 0 Å². The predicted molar refractivity (Wildman–Crippen MR) is 72.8 cm³/mol. The molecule has 0 N–H and O–H groups in total. The Kier molecular flexibility index (Phi) is 4.04. The second-order valence-electron chi connectivity index (χ2n) is 4.15. The summed E-state index contributed by atoms with van der Waals surface area (Å²) < 4.78 is 4.97. The SMILES string of the molecule is CCOC(=O)c1sc(N2CCN(CC)C2=O)nc1C. The molecule has 0 saturated carbocycles. The minimum absolute atomic E-state index is 0.0494. The van der Waals surface area contributed by atoms with Gasteiger partial charge in [-0.1, -0.05) is 11.3 Å². The molecular formula is C12H17N3O3S. The number of ether oxygens (including phenoxy) is 1. The second kappa shape index (κ2) is 5.56. The molecule has 0 spiro atoms. The number of anilines is 1. The summed E-state index contributed by atoms with van der Waals surface area (Å²) in [4.78, 5) is 31.9. The van der Waals surface area contributed by atoms with Crippen LogP contribution in [0.4, 0.5) is 9.93 Å². The summed E-state index contributed by atoms with van der Waals surface area (Å²) >= 11 is 1.21. The lowest BCUT2D eigenvalue weighted by atomic mass is 10.4. The van der Waals surface area contributed by atoms with Crippen molar-refractivity contribution in [3.63, 3.8) is 0 Å². The fourth-order valence-electron chi connectivity index (χ4n) is 1.94. The van der Waals surface area contributed by atoms with Gasteiger partial charge < -0.3 is 9.64 Å². The van der Waals surface area contributed by atoms with Crippen LogP contribution in [-0.4, -0.2) is 48.1 Å². The van der Waals surface area contributed by atoms with Crippen LogP contribution in [0.3, 0.4) is 0 Å². The highest BCUT2D eigenvalue weighted by atomic mass is 32.1. The van der Waals surface area contributed by atoms with Crippen LogP contribution in [0.2, 0.25) is 0 Å². The first-order valence-corrected chi connectivity index (χ1v) is 7.11. The van der Waals surface area contributed by atoms with Gasteiger partial charge in [0.25, 0.3) is 0 Å². The molecule has 2 amide bonds. The summed E-state index contributed by atoms with van der Waals surface area (Å²) in [5, 5.41) is 0.571. The topological polar surface area (TPSA) is 62.7 Å². The van der Waals surface area contributed by atoms with Gasteiger partial charge in [-0.2, -0.15) is 0 Å². The number of thiazole rings is 1. The Morgan fingerprint density at radius 2 is 2.16 bits per heavy atom. The average molecular weight is 283 g/mol. The molecule has 1 aromatic rings. The van der Waals surface area contributed by atoms with Gasteiger partial charge in [0.15, 0.2) is 5.13 Å². The van der Waals surface area contributed by atoms with Crippen molar-refractivity contribution in [2.75, 3.05) is 31.1 Å². The minimum Gasteiger partial charge on any atom is -0.462 e. The van der Waals surface area contributed by atoms with Crippen molar-refractivity contribution in [3.05, 3.63) is 10.6 Å². The molecule has 0 atom stereocenters. The first-order valence-electron chi connectivity index (χ1n) is 6.29. The standard InChI is InChI=1S/C12H17N3O3S/c1-4-14-6-7-15(12(14)17)11-13-8(3)9(19-11)10(16)18-5-2/h4-7H2,1-3H3. The molecule has 2 rings (SSSR count). The molecule has 1 saturated heterocycles. The summed E-state index contributed by atoms with van der Waals surface area (Å²) in [6, 6.07) is -0.0494. The molecule has 0 aromatic carbocycles. The Hall–Kier alpha value is -1.63. The summed E-state index contributed by atoms with van der Waals surface area (Å²) in [6.45, 7) is 7.79. The van der Waals surface area contributed by atoms with Crippen LogP contribution in [0.5, 0.6) is 0 Å². The van der Waals surface area contributed by atoms with Crippen molar-refractivity contribution in [3.8, 4) is 0 Å². The highest BCUT2D eigenvalue weighted by Crippen LogP contribution is 2.29. The number of hydrogen-bond acceptors (Lipinski definition) is 5. The Morgan fingerprint density at radius 1 is 1.42 bits per heavy atom. The zero-order valence-electron chi connectivity index (χ0n) is 11.3. The largest absolute Gasteiger partial charge is 0.462 e. The molecular weight excluding hydrogens is 266 g/mol. The van der Waals surface area contributed by atoms with Gasteiger partial charge in [-0.05, 0) is 20.8 Å². The van der Waals surface area contributed by atoms with E-state index in [1.165, 1.54) is 11.3 Å². The lowest BCUT2D eigenvalue weighted by Crippen LogP contribution is -2.31. The minimum atomic E-state index is -0.372. The van der Waals surface area contributed by atoms with Crippen LogP contribution in [-0.2, 0) is 4.74 Å². The van der Waals surface area contributed by atoms with Crippen molar-refractivity contribution in [2.24, 2.45) is 0 Å². The number of carbonyl (C=O) groups is 2. The van der Waals surface area contributed by atoms with Crippen LogP contribution >= 0.6 is 11.3 Å². The molecule has 0 unspecified atom stereocenters. The third-order valence-corrected chi connectivity index (χ3v) is 4.11. The molecule has 1 aliphatic rings. The van der Waals surface area contributed by atoms with Gasteiger partial charge in [-0.15, -0.1) is 0 Å². The van der Waals surface area contributed by atoms with Gasteiger partial charge in [-0.25, -0.2) is 14.6 Å². The zero-order chi connectivity index (χ0) is 14.0. The Bertz CT molecular complexity index is 500. The maximum atomic E-state index is 12.1. The Balaban J connectivity index is 2.21. The molecule has 104 valence electrons. The average Bonchev–Trinajstić information content (AvgIpc) is 2.92. The van der Waals surface area contributed by atoms with Gasteiger partial charge in [0.05, 0.1) is 12.3 Å². The maximum Gasteiger partial charge on any atom is 0.350 e. The number of nitrogens with zero attached hydrogens (tertiary/aromatic N) is 3. The molecule has 19 heavy (non-hydrogen) atoms. The van der Waals surface area contributed by atoms with Crippen LogP contribution in [0.25, 0.3) is 0 Å². The maximum absolute atomic E-state index is 12.1. The van der Waals surface area contributed by atoms with E-state index in [0.29, 0.717) is 41.9 Å². The number of hydrogen-bond donors (Lipinski definition) is 0. The number of aromatic nitrogens is 1. The smallest absolute Gasteiger partial charge is 0.350 e. The third-order valence-electron chi connectivity index (χ3n) is 2.95. The van der Waals surface area contributed by atoms with Crippen molar-refractivity contribution in [1.82, 2.24) is 9.88 Å². The first kappa shape index (κ1) is 13.8. The number of likely N-dealkylation sites (N-methyl/N-ethyl adjacent to an activating group) is 1. The lowest BCUT2D eigenvalue weighted by molar-refractivity contribution is 0.0531. The number of urea groups is 1. The molecule has 6 nitrogen and oxygen atoms in total. The second-order valence-corrected chi connectivity index (χ2v) is 5.12. The van der Waals surface area contributed by atoms with Gasteiger partial charge in [-0.3, -0.25) is 4.90 Å². The normalized spacial score (nSPS) is 15.2. The van der Waals surface area contributed by atoms with E-state index in [0.717, 1.165) is 0 Å². The molecule has 2 heterocycles. The zero-order valence-corrected chi connectivity index (χ0v) is 12.1. The van der Waals surface area contributed by atoms with E-state index in [2.05, 4.69) is 4.98 Å². The van der Waals surface area contributed by atoms with E-state index >= 15 is 0 Å². The fraction of sp³-hybridized carbons (Fsp3) is 0.583. The molecule has 0 aliphatic carbocycles. The van der Waals surface area contributed by atoms with Crippen LogP contribution < -0.4 is 4.90 Å². The van der Waals surface area contributed by atoms with Crippen LogP contribution in [0.1, 0.15) is 29.2 Å². The van der Waals surface area contributed by atoms with E-state index in [4.69, 9.17) is 4.74 Å². The number of amides is 2. The summed E-state index contributed by atoms with van der Waals surface area (Å²) in [5.74, 6) is -0.372. The number of carbonyl (C=O) groups excluding carboxylic acids is 2. The van der Waals surface area contributed by atoms with Gasteiger partial charge in [0, 0.05) is 19.6 Å². The predicted octanol–water partition coefficient (Wildman–Crippen LogP) is 1.89. The fourth-order valence-corrected chi connectivity index (χ4v) is 2.92. The van der Waals surface area contributed by atoms with Crippen molar-refractivity contribution in [2.45, 2.75) is 20.8 Å². The molecule has 7 heteroatoms. The van der Waals surface area contributed by atoms with Crippen molar-refractivity contribution >= 4 is 28.5 Å². The number of esters is 1. The molecule has 0 radical (unpaired) electrons. The first-order chi connectivity index (χ1) is 9.08. The van der Waals surface area contributed by atoms with Gasteiger partial charge >= 0.3 is 12.0 Å². The quantitative estimate of drug-likeness (QED) is 0.792. The monoisotopic (exact) mass is 283 g/mol. The highest BCUT2D eigenvalue weighted by Gasteiger charge is 2.31.